The summed E-state index contributed by atoms with van der Waals surface area (Å²) < 4.78 is 21.1. The van der Waals surface area contributed by atoms with Crippen molar-refractivity contribution in [1.29, 1.82) is 0 Å². The summed E-state index contributed by atoms with van der Waals surface area (Å²) >= 11 is 1.77. The molecule has 3 aliphatic heterocycles. The summed E-state index contributed by atoms with van der Waals surface area (Å²) in [6.45, 7) is 10.5. The summed E-state index contributed by atoms with van der Waals surface area (Å²) in [7, 11) is 2.15. The van der Waals surface area contributed by atoms with Crippen LogP contribution in [0.2, 0.25) is 0 Å². The number of nitrogens with zero attached hydrogens (tertiary/aromatic N) is 6. The zero-order chi connectivity index (χ0) is 26.6. The fourth-order valence-corrected chi connectivity index (χ4v) is 6.68. The molecule has 0 spiro atoms. The zero-order valence-electron chi connectivity index (χ0n) is 22.4. The van der Waals surface area contributed by atoms with Crippen molar-refractivity contribution >= 4 is 29.2 Å². The van der Waals surface area contributed by atoms with Crippen LogP contribution in [0.25, 0.3) is 0 Å². The van der Waals surface area contributed by atoms with Crippen LogP contribution >= 0.6 is 11.8 Å². The van der Waals surface area contributed by atoms with Crippen LogP contribution in [0.15, 0.2) is 30.9 Å². The van der Waals surface area contributed by atoms with Gasteiger partial charge in [-0.1, -0.05) is 18.7 Å². The van der Waals surface area contributed by atoms with Gasteiger partial charge in [0, 0.05) is 38.3 Å². The maximum Gasteiger partial charge on any atom is 0.319 e. The second-order valence-electron chi connectivity index (χ2n) is 10.2. The lowest BCUT2D eigenvalue weighted by Crippen LogP contribution is -2.49. The Bertz CT molecular complexity index is 1150. The Morgan fingerprint density at radius 1 is 1.16 bits per heavy atom. The molecule has 0 aliphatic carbocycles. The third-order valence-corrected chi connectivity index (χ3v) is 8.95. The van der Waals surface area contributed by atoms with Crippen LogP contribution in [0.3, 0.4) is 0 Å². The Morgan fingerprint density at radius 3 is 2.68 bits per heavy atom. The van der Waals surface area contributed by atoms with Gasteiger partial charge in [-0.2, -0.15) is 9.97 Å². The van der Waals surface area contributed by atoms with E-state index >= 15 is 0 Å². The van der Waals surface area contributed by atoms with E-state index in [-0.39, 0.29) is 11.7 Å². The molecule has 2 saturated heterocycles. The SMILES string of the molecule is C=CC(=O)N1CCN(c2nc(OCSC3CCCN3C)nc3c2CCCN(c2c(C)cccc2F)C3)CC1. The summed E-state index contributed by atoms with van der Waals surface area (Å²) in [6, 6.07) is 5.59. The minimum absolute atomic E-state index is 0.0417. The summed E-state index contributed by atoms with van der Waals surface area (Å²) in [6.07, 6.45) is 5.42. The number of halogens is 1. The highest BCUT2D eigenvalue weighted by molar-refractivity contribution is 7.99. The molecular weight excluding hydrogens is 503 g/mol. The molecule has 38 heavy (non-hydrogen) atoms. The zero-order valence-corrected chi connectivity index (χ0v) is 23.2. The van der Waals surface area contributed by atoms with E-state index in [0.29, 0.717) is 55.7 Å². The number of carbonyl (C=O) groups is 1. The highest BCUT2D eigenvalue weighted by Crippen LogP contribution is 2.33. The van der Waals surface area contributed by atoms with Gasteiger partial charge >= 0.3 is 6.01 Å². The van der Waals surface area contributed by atoms with E-state index in [2.05, 4.69) is 28.3 Å². The molecule has 5 rings (SSSR count). The number of anilines is 2. The van der Waals surface area contributed by atoms with E-state index in [9.17, 15) is 9.18 Å². The van der Waals surface area contributed by atoms with Crippen molar-refractivity contribution in [3.8, 4) is 6.01 Å². The van der Waals surface area contributed by atoms with Gasteiger partial charge in [0.2, 0.25) is 5.91 Å². The van der Waals surface area contributed by atoms with Crippen molar-refractivity contribution in [1.82, 2.24) is 19.8 Å². The number of para-hydroxylation sites is 1. The minimum atomic E-state index is -0.209. The predicted molar refractivity (Wildman–Crippen MR) is 150 cm³/mol. The number of benzene rings is 1. The van der Waals surface area contributed by atoms with Gasteiger partial charge in [-0.15, -0.1) is 11.8 Å². The maximum atomic E-state index is 14.9. The Labute approximate surface area is 228 Å². The average Bonchev–Trinajstić information content (AvgIpc) is 3.20. The Balaban J connectivity index is 1.42. The monoisotopic (exact) mass is 540 g/mol. The Morgan fingerprint density at radius 2 is 1.97 bits per heavy atom. The molecule has 0 saturated carbocycles. The van der Waals surface area contributed by atoms with Crippen molar-refractivity contribution in [3.05, 3.63) is 53.5 Å². The van der Waals surface area contributed by atoms with Crippen LogP contribution in [0.5, 0.6) is 6.01 Å². The summed E-state index contributed by atoms with van der Waals surface area (Å²) in [4.78, 5) is 30.4. The van der Waals surface area contributed by atoms with Gasteiger partial charge in [0.1, 0.15) is 17.6 Å². The molecule has 2 fully saturated rings. The summed E-state index contributed by atoms with van der Waals surface area (Å²) in [5.41, 5.74) is 3.54. The molecule has 1 atom stereocenters. The van der Waals surface area contributed by atoms with Crippen molar-refractivity contribution in [3.63, 3.8) is 0 Å². The number of aryl methyl sites for hydroxylation is 1. The lowest BCUT2D eigenvalue weighted by atomic mass is 10.1. The van der Waals surface area contributed by atoms with Crippen LogP contribution in [0.4, 0.5) is 15.9 Å². The van der Waals surface area contributed by atoms with Gasteiger partial charge in [-0.25, -0.2) is 4.39 Å². The molecule has 1 aromatic carbocycles. The van der Waals surface area contributed by atoms with Crippen molar-refractivity contribution in [2.24, 2.45) is 0 Å². The van der Waals surface area contributed by atoms with Gasteiger partial charge in [0.15, 0.2) is 0 Å². The van der Waals surface area contributed by atoms with Gasteiger partial charge in [0.05, 0.1) is 23.3 Å². The first-order chi connectivity index (χ1) is 18.4. The number of hydrogen-bond acceptors (Lipinski definition) is 8. The van der Waals surface area contributed by atoms with E-state index in [1.165, 1.54) is 18.6 Å². The minimum Gasteiger partial charge on any atom is -0.452 e. The molecule has 1 amide bonds. The fourth-order valence-electron chi connectivity index (χ4n) is 5.65. The average molecular weight is 541 g/mol. The molecule has 1 aromatic heterocycles. The first-order valence-electron chi connectivity index (χ1n) is 13.5. The van der Waals surface area contributed by atoms with E-state index < -0.39 is 0 Å². The van der Waals surface area contributed by atoms with Gasteiger partial charge in [-0.3, -0.25) is 9.69 Å². The quantitative estimate of drug-likeness (QED) is 0.388. The molecule has 10 heteroatoms. The normalized spacial score (nSPS) is 20.3. The Kier molecular flexibility index (Phi) is 8.38. The van der Waals surface area contributed by atoms with Gasteiger partial charge in [0.25, 0.3) is 0 Å². The molecule has 0 N–H and O–H groups in total. The molecular formula is C28H37FN6O2S. The number of amides is 1. The van der Waals surface area contributed by atoms with E-state index in [1.54, 1.807) is 17.8 Å². The first-order valence-corrected chi connectivity index (χ1v) is 14.5. The summed E-state index contributed by atoms with van der Waals surface area (Å²) in [5, 5.41) is 0.449. The van der Waals surface area contributed by atoms with Gasteiger partial charge in [-0.05, 0) is 63.9 Å². The second kappa shape index (κ2) is 11.9. The van der Waals surface area contributed by atoms with Crippen molar-refractivity contribution < 1.29 is 13.9 Å². The smallest absolute Gasteiger partial charge is 0.319 e. The number of piperazine rings is 1. The first kappa shape index (κ1) is 26.7. The number of rotatable bonds is 7. The fraction of sp³-hybridized carbons (Fsp3) is 0.536. The van der Waals surface area contributed by atoms with Crippen LogP contribution in [-0.4, -0.2) is 83.3 Å². The number of thioether (sulfide) groups is 1. The lowest BCUT2D eigenvalue weighted by molar-refractivity contribution is -0.126. The number of likely N-dealkylation sites (tertiary alicyclic amines) is 1. The highest BCUT2D eigenvalue weighted by atomic mass is 32.2. The number of carbonyl (C=O) groups excluding carboxylic acids is 1. The van der Waals surface area contributed by atoms with Crippen molar-refractivity contribution in [2.75, 3.05) is 62.1 Å². The third-order valence-electron chi connectivity index (χ3n) is 7.72. The van der Waals surface area contributed by atoms with Crippen LogP contribution in [0, 0.1) is 12.7 Å². The Hall–Kier alpha value is -2.85. The standard InChI is InChI=1S/C28H37FN6O2S/c1-4-24(36)33-14-16-34(17-15-33)27-21-9-6-13-35(26-20(2)8-5-10-22(26)29)18-23(21)30-28(31-27)37-19-38-25-11-7-12-32(25)3/h4-5,8,10,25H,1,6-7,9,11-19H2,2-3H3. The van der Waals surface area contributed by atoms with E-state index in [1.807, 2.05) is 17.9 Å². The maximum absolute atomic E-state index is 14.9. The van der Waals surface area contributed by atoms with Gasteiger partial charge < -0.3 is 19.4 Å². The molecule has 1 unspecified atom stereocenters. The topological polar surface area (TPSA) is 65.0 Å². The molecule has 3 aliphatic rings. The van der Waals surface area contributed by atoms with E-state index in [0.717, 1.165) is 55.0 Å². The molecule has 8 nitrogen and oxygen atoms in total. The van der Waals surface area contributed by atoms with Crippen LogP contribution < -0.4 is 14.5 Å². The molecule has 0 radical (unpaired) electrons. The number of fused-ring (bicyclic) bond motifs is 1. The number of aromatic nitrogens is 2. The van der Waals surface area contributed by atoms with Crippen LogP contribution in [-0.2, 0) is 17.8 Å². The van der Waals surface area contributed by atoms with Crippen molar-refractivity contribution in [2.45, 2.75) is 44.5 Å². The number of ether oxygens (including phenoxy) is 1. The van der Waals surface area contributed by atoms with E-state index in [4.69, 9.17) is 14.7 Å². The summed E-state index contributed by atoms with van der Waals surface area (Å²) in [5.74, 6) is 1.11. The predicted octanol–water partition coefficient (Wildman–Crippen LogP) is 3.83. The molecule has 204 valence electrons. The van der Waals surface area contributed by atoms with Crippen LogP contribution in [0.1, 0.15) is 36.1 Å². The largest absolute Gasteiger partial charge is 0.452 e. The molecule has 2 aromatic rings. The molecule has 0 bridgehead atoms. The highest BCUT2D eigenvalue weighted by Gasteiger charge is 2.29. The molecule has 4 heterocycles. The number of hydrogen-bond donors (Lipinski definition) is 0. The second-order valence-corrected chi connectivity index (χ2v) is 11.3. The third kappa shape index (κ3) is 5.76. The lowest BCUT2D eigenvalue weighted by Gasteiger charge is -2.36.